The first-order valence-electron chi connectivity index (χ1n) is 7.09. The zero-order chi connectivity index (χ0) is 13.0. The average molecular weight is 251 g/mol. The Balaban J connectivity index is 1.92. The topological polar surface area (TPSA) is 41.3 Å². The van der Waals surface area contributed by atoms with Gasteiger partial charge >= 0.3 is 0 Å². The third-order valence-corrected chi connectivity index (χ3v) is 3.41. The van der Waals surface area contributed by atoms with Crippen LogP contribution in [0.15, 0.2) is 10.7 Å². The predicted octanol–water partition coefficient (Wildman–Crippen LogP) is 2.66. The van der Waals surface area contributed by atoms with Gasteiger partial charge < -0.3 is 14.6 Å². The van der Waals surface area contributed by atoms with E-state index >= 15 is 0 Å². The van der Waals surface area contributed by atoms with Crippen molar-refractivity contribution in [3.8, 4) is 0 Å². The van der Waals surface area contributed by atoms with E-state index in [0.717, 1.165) is 56.1 Å². The highest BCUT2D eigenvalue weighted by Crippen LogP contribution is 2.25. The molecule has 2 heterocycles. The second kappa shape index (κ2) is 6.23. The largest absolute Gasteiger partial charge is 0.432 e. The van der Waals surface area contributed by atoms with Crippen molar-refractivity contribution in [3.05, 3.63) is 12.0 Å². The highest BCUT2D eigenvalue weighted by molar-refractivity contribution is 5.28. The zero-order valence-electron chi connectivity index (χ0n) is 11.8. The summed E-state index contributed by atoms with van der Waals surface area (Å²) in [6.07, 6.45) is 4.23. The summed E-state index contributed by atoms with van der Waals surface area (Å²) in [5.74, 6) is 1.45. The molecule has 2 unspecified atom stereocenters. The Morgan fingerprint density at radius 2 is 2.11 bits per heavy atom. The van der Waals surface area contributed by atoms with Gasteiger partial charge in [-0.1, -0.05) is 20.8 Å². The lowest BCUT2D eigenvalue weighted by molar-refractivity contribution is 0.340. The Bertz CT molecular complexity index is 354. The quantitative estimate of drug-likeness (QED) is 0.817. The number of hydrogen-bond donors (Lipinski definition) is 1. The first-order chi connectivity index (χ1) is 8.69. The molecule has 1 aliphatic rings. The summed E-state index contributed by atoms with van der Waals surface area (Å²) in [6, 6.07) is 0.793. The lowest BCUT2D eigenvalue weighted by Crippen LogP contribution is -2.38. The van der Waals surface area contributed by atoms with Crippen molar-refractivity contribution in [1.29, 1.82) is 0 Å². The van der Waals surface area contributed by atoms with Crippen LogP contribution in [0.5, 0.6) is 0 Å². The first-order valence-corrected chi connectivity index (χ1v) is 7.09. The van der Waals surface area contributed by atoms with Crippen LogP contribution in [0.25, 0.3) is 0 Å². The van der Waals surface area contributed by atoms with Crippen LogP contribution in [-0.2, 0) is 6.54 Å². The second-order valence-corrected chi connectivity index (χ2v) is 5.65. The molecule has 1 aromatic heterocycles. The van der Waals surface area contributed by atoms with Gasteiger partial charge in [0, 0.05) is 19.6 Å². The minimum atomic E-state index is 0.724. The standard InChI is InChI=1S/C14H25N3O/c1-4-5-15-7-13-10-18-14(16-13)17-8-11(2)6-12(3)9-17/h10-12,15H,4-9H2,1-3H3. The maximum atomic E-state index is 5.61. The Hall–Kier alpha value is -1.03. The van der Waals surface area contributed by atoms with Crippen molar-refractivity contribution in [2.24, 2.45) is 11.8 Å². The molecule has 4 heteroatoms. The van der Waals surface area contributed by atoms with Crippen LogP contribution in [0, 0.1) is 11.8 Å². The molecule has 0 saturated carbocycles. The molecule has 102 valence electrons. The Labute approximate surface area is 110 Å². The van der Waals surface area contributed by atoms with Crippen LogP contribution in [0.3, 0.4) is 0 Å². The van der Waals surface area contributed by atoms with Gasteiger partial charge in [0.25, 0.3) is 6.01 Å². The molecular formula is C14H25N3O. The van der Waals surface area contributed by atoms with E-state index in [2.05, 4.69) is 36.0 Å². The predicted molar refractivity (Wildman–Crippen MR) is 73.7 cm³/mol. The third kappa shape index (κ3) is 3.48. The van der Waals surface area contributed by atoms with Crippen LogP contribution in [0.1, 0.15) is 39.3 Å². The molecule has 18 heavy (non-hydrogen) atoms. The number of rotatable bonds is 5. The van der Waals surface area contributed by atoms with E-state index in [1.165, 1.54) is 6.42 Å². The van der Waals surface area contributed by atoms with E-state index in [4.69, 9.17) is 4.42 Å². The summed E-state index contributed by atoms with van der Waals surface area (Å²) in [5.41, 5.74) is 1.00. The number of aromatic nitrogens is 1. The van der Waals surface area contributed by atoms with E-state index in [1.807, 2.05) is 0 Å². The maximum absolute atomic E-state index is 5.61. The van der Waals surface area contributed by atoms with Gasteiger partial charge in [-0.3, -0.25) is 0 Å². The van der Waals surface area contributed by atoms with E-state index in [-0.39, 0.29) is 0 Å². The van der Waals surface area contributed by atoms with Crippen molar-refractivity contribution in [3.63, 3.8) is 0 Å². The van der Waals surface area contributed by atoms with Crippen LogP contribution < -0.4 is 10.2 Å². The number of hydrogen-bond acceptors (Lipinski definition) is 4. The number of anilines is 1. The molecule has 1 fully saturated rings. The lowest BCUT2D eigenvalue weighted by atomic mass is 9.92. The fourth-order valence-electron chi connectivity index (χ4n) is 2.74. The molecule has 0 bridgehead atoms. The van der Waals surface area contributed by atoms with Crippen LogP contribution in [-0.4, -0.2) is 24.6 Å². The molecule has 0 spiro atoms. The average Bonchev–Trinajstić information content (AvgIpc) is 2.77. The monoisotopic (exact) mass is 251 g/mol. The van der Waals surface area contributed by atoms with Gasteiger partial charge in [-0.2, -0.15) is 4.98 Å². The van der Waals surface area contributed by atoms with Gasteiger partial charge in [-0.15, -0.1) is 0 Å². The van der Waals surface area contributed by atoms with Gasteiger partial charge in [-0.25, -0.2) is 0 Å². The van der Waals surface area contributed by atoms with Crippen LogP contribution in [0.2, 0.25) is 0 Å². The molecule has 1 saturated heterocycles. The minimum Gasteiger partial charge on any atom is -0.432 e. The summed E-state index contributed by atoms with van der Waals surface area (Å²) < 4.78 is 5.61. The van der Waals surface area contributed by atoms with Crippen molar-refractivity contribution in [2.75, 3.05) is 24.5 Å². The number of oxazole rings is 1. The Kier molecular flexibility index (Phi) is 4.64. The highest BCUT2D eigenvalue weighted by atomic mass is 16.4. The van der Waals surface area contributed by atoms with E-state index in [9.17, 15) is 0 Å². The molecule has 0 amide bonds. The second-order valence-electron chi connectivity index (χ2n) is 5.65. The fraction of sp³-hybridized carbons (Fsp3) is 0.786. The molecule has 1 aromatic rings. The SMILES string of the molecule is CCCNCc1coc(N2CC(C)CC(C)C2)n1. The summed E-state index contributed by atoms with van der Waals surface area (Å²) in [4.78, 5) is 6.85. The van der Waals surface area contributed by atoms with Gasteiger partial charge in [0.1, 0.15) is 6.26 Å². The summed E-state index contributed by atoms with van der Waals surface area (Å²) in [5, 5.41) is 3.34. The highest BCUT2D eigenvalue weighted by Gasteiger charge is 2.24. The third-order valence-electron chi connectivity index (χ3n) is 3.41. The fourth-order valence-corrected chi connectivity index (χ4v) is 2.74. The van der Waals surface area contributed by atoms with Gasteiger partial charge in [0.15, 0.2) is 0 Å². The molecule has 2 rings (SSSR count). The van der Waals surface area contributed by atoms with E-state index in [0.29, 0.717) is 0 Å². The van der Waals surface area contributed by atoms with E-state index < -0.39 is 0 Å². The number of nitrogens with one attached hydrogen (secondary N) is 1. The molecule has 0 aromatic carbocycles. The Morgan fingerprint density at radius 1 is 1.39 bits per heavy atom. The smallest absolute Gasteiger partial charge is 0.297 e. The van der Waals surface area contributed by atoms with Gasteiger partial charge in [0.05, 0.1) is 5.69 Å². The molecule has 1 N–H and O–H groups in total. The van der Waals surface area contributed by atoms with Crippen molar-refractivity contribution < 1.29 is 4.42 Å². The van der Waals surface area contributed by atoms with Gasteiger partial charge in [0.2, 0.25) is 0 Å². The zero-order valence-corrected chi connectivity index (χ0v) is 11.8. The maximum Gasteiger partial charge on any atom is 0.297 e. The number of nitrogens with zero attached hydrogens (tertiary/aromatic N) is 2. The van der Waals surface area contributed by atoms with Crippen molar-refractivity contribution in [2.45, 2.75) is 40.2 Å². The van der Waals surface area contributed by atoms with Gasteiger partial charge in [-0.05, 0) is 31.2 Å². The van der Waals surface area contributed by atoms with Crippen molar-refractivity contribution >= 4 is 6.01 Å². The molecular weight excluding hydrogens is 226 g/mol. The minimum absolute atomic E-state index is 0.724. The summed E-state index contributed by atoms with van der Waals surface area (Å²) >= 11 is 0. The molecule has 0 radical (unpaired) electrons. The molecule has 4 nitrogen and oxygen atoms in total. The molecule has 0 aliphatic carbocycles. The Morgan fingerprint density at radius 3 is 2.78 bits per heavy atom. The van der Waals surface area contributed by atoms with Crippen LogP contribution in [0.4, 0.5) is 6.01 Å². The summed E-state index contributed by atoms with van der Waals surface area (Å²) in [7, 11) is 0. The molecule has 2 atom stereocenters. The first kappa shape index (κ1) is 13.4. The van der Waals surface area contributed by atoms with E-state index in [1.54, 1.807) is 6.26 Å². The lowest BCUT2D eigenvalue weighted by Gasteiger charge is -2.33. The molecule has 1 aliphatic heterocycles. The van der Waals surface area contributed by atoms with Crippen LogP contribution >= 0.6 is 0 Å². The normalized spacial score (nSPS) is 24.5. The number of piperidine rings is 1. The van der Waals surface area contributed by atoms with Crippen molar-refractivity contribution in [1.82, 2.24) is 10.3 Å². The summed E-state index contributed by atoms with van der Waals surface area (Å²) in [6.45, 7) is 10.7.